The minimum Gasteiger partial charge on any atom is -0.364 e. The van der Waals surface area contributed by atoms with Gasteiger partial charge in [-0.2, -0.15) is 0 Å². The van der Waals surface area contributed by atoms with Crippen LogP contribution in [0.2, 0.25) is 0 Å². The second kappa shape index (κ2) is 6.27. The number of nitrogens with two attached hydrogens (primary N) is 1. The molecule has 22 heavy (non-hydrogen) atoms. The molecule has 3 rings (SSSR count). The molecule has 0 atom stereocenters. The fraction of sp³-hybridized carbons (Fsp3) is 0.571. The third kappa shape index (κ3) is 3.70. The average Bonchev–Trinajstić information content (AvgIpc) is 3.32. The van der Waals surface area contributed by atoms with Crippen LogP contribution in [0.4, 0.5) is 5.82 Å². The van der Waals surface area contributed by atoms with Crippen LogP contribution < -0.4 is 16.0 Å². The normalized spacial score (nSPS) is 19.0. The summed E-state index contributed by atoms with van der Waals surface area (Å²) in [5.41, 5.74) is 5.39. The van der Waals surface area contributed by atoms with Crippen molar-refractivity contribution in [1.82, 2.24) is 20.2 Å². The van der Waals surface area contributed by atoms with Crippen molar-refractivity contribution < 1.29 is 9.59 Å². The van der Waals surface area contributed by atoms with Gasteiger partial charge in [0.05, 0.1) is 18.9 Å². The highest BCUT2D eigenvalue weighted by Crippen LogP contribution is 2.18. The van der Waals surface area contributed by atoms with E-state index in [2.05, 4.69) is 25.1 Å². The number of rotatable bonds is 5. The van der Waals surface area contributed by atoms with E-state index in [4.69, 9.17) is 5.73 Å². The van der Waals surface area contributed by atoms with E-state index in [0.717, 1.165) is 39.0 Å². The molecule has 0 unspecified atom stereocenters. The second-order valence-corrected chi connectivity index (χ2v) is 5.73. The first-order valence-electron chi connectivity index (χ1n) is 7.50. The summed E-state index contributed by atoms with van der Waals surface area (Å²) < 4.78 is 0. The van der Waals surface area contributed by atoms with Crippen molar-refractivity contribution in [2.75, 3.05) is 37.6 Å². The van der Waals surface area contributed by atoms with Crippen molar-refractivity contribution in [3.05, 3.63) is 18.1 Å². The number of carbonyl (C=O) groups excluding carboxylic acids is 2. The molecule has 1 aromatic rings. The number of primary amides is 1. The molecule has 2 heterocycles. The Labute approximate surface area is 128 Å². The molecule has 0 bridgehead atoms. The summed E-state index contributed by atoms with van der Waals surface area (Å²) in [5, 5.41) is 3.00. The Kier molecular flexibility index (Phi) is 4.19. The number of hydrogen-bond donors (Lipinski definition) is 2. The third-order valence-corrected chi connectivity index (χ3v) is 3.88. The summed E-state index contributed by atoms with van der Waals surface area (Å²) >= 11 is 0. The fourth-order valence-corrected chi connectivity index (χ4v) is 2.47. The molecular formula is C14H20N6O2. The molecule has 8 heteroatoms. The zero-order valence-corrected chi connectivity index (χ0v) is 12.4. The highest BCUT2D eigenvalue weighted by atomic mass is 16.2. The lowest BCUT2D eigenvalue weighted by Crippen LogP contribution is -2.50. The number of hydrogen-bond acceptors (Lipinski definition) is 6. The van der Waals surface area contributed by atoms with Crippen LogP contribution in [0.15, 0.2) is 12.4 Å². The molecule has 0 spiro atoms. The number of amides is 2. The predicted octanol–water partition coefficient (Wildman–Crippen LogP) is -1.02. The van der Waals surface area contributed by atoms with Crippen LogP contribution in [0.1, 0.15) is 23.3 Å². The van der Waals surface area contributed by atoms with Crippen molar-refractivity contribution in [2.45, 2.75) is 18.9 Å². The van der Waals surface area contributed by atoms with Crippen LogP contribution in [0, 0.1) is 0 Å². The van der Waals surface area contributed by atoms with Gasteiger partial charge in [-0.3, -0.25) is 19.5 Å². The standard InChI is InChI=1S/C14H20N6O2/c15-14(22)11-7-16-8-12(18-11)20-5-3-19(4-6-20)9-13(21)17-10-1-2-10/h7-8,10H,1-6,9H2,(H2,15,22)(H,17,21). The first-order valence-corrected chi connectivity index (χ1v) is 7.50. The van der Waals surface area contributed by atoms with Gasteiger partial charge in [0, 0.05) is 32.2 Å². The van der Waals surface area contributed by atoms with Gasteiger partial charge in [0.1, 0.15) is 11.5 Å². The molecule has 1 aromatic heterocycles. The fourth-order valence-electron chi connectivity index (χ4n) is 2.47. The van der Waals surface area contributed by atoms with Crippen LogP contribution in [-0.4, -0.2) is 65.4 Å². The molecule has 1 aliphatic heterocycles. The zero-order valence-electron chi connectivity index (χ0n) is 12.4. The number of carbonyl (C=O) groups is 2. The van der Waals surface area contributed by atoms with E-state index in [0.29, 0.717) is 18.4 Å². The van der Waals surface area contributed by atoms with Crippen molar-refractivity contribution in [1.29, 1.82) is 0 Å². The van der Waals surface area contributed by atoms with Crippen molar-refractivity contribution >= 4 is 17.6 Å². The average molecular weight is 304 g/mol. The van der Waals surface area contributed by atoms with Crippen LogP contribution >= 0.6 is 0 Å². The summed E-state index contributed by atoms with van der Waals surface area (Å²) in [5.74, 6) is 0.176. The van der Waals surface area contributed by atoms with E-state index >= 15 is 0 Å². The Morgan fingerprint density at radius 3 is 2.59 bits per heavy atom. The van der Waals surface area contributed by atoms with Gasteiger partial charge in [-0.25, -0.2) is 4.98 Å². The van der Waals surface area contributed by atoms with E-state index < -0.39 is 5.91 Å². The molecule has 3 N–H and O–H groups in total. The molecule has 1 saturated carbocycles. The summed E-state index contributed by atoms with van der Waals surface area (Å²) in [4.78, 5) is 35.3. The summed E-state index contributed by atoms with van der Waals surface area (Å²) in [6.07, 6.45) is 5.20. The Morgan fingerprint density at radius 2 is 1.95 bits per heavy atom. The van der Waals surface area contributed by atoms with Gasteiger partial charge < -0.3 is 16.0 Å². The third-order valence-electron chi connectivity index (χ3n) is 3.88. The van der Waals surface area contributed by atoms with Gasteiger partial charge >= 0.3 is 0 Å². The maximum atomic E-state index is 11.8. The van der Waals surface area contributed by atoms with E-state index in [9.17, 15) is 9.59 Å². The number of anilines is 1. The van der Waals surface area contributed by atoms with Crippen LogP contribution in [-0.2, 0) is 4.79 Å². The topological polar surface area (TPSA) is 104 Å². The Bertz CT molecular complexity index is 566. The summed E-state index contributed by atoms with van der Waals surface area (Å²) in [6.45, 7) is 3.49. The molecule has 2 fully saturated rings. The zero-order chi connectivity index (χ0) is 15.5. The minimum atomic E-state index is -0.579. The van der Waals surface area contributed by atoms with Gasteiger partial charge in [0.15, 0.2) is 0 Å². The second-order valence-electron chi connectivity index (χ2n) is 5.73. The number of piperazine rings is 1. The number of nitrogens with one attached hydrogen (secondary N) is 1. The van der Waals surface area contributed by atoms with Crippen LogP contribution in [0.25, 0.3) is 0 Å². The van der Waals surface area contributed by atoms with Gasteiger partial charge in [-0.15, -0.1) is 0 Å². The predicted molar refractivity (Wildman–Crippen MR) is 80.4 cm³/mol. The molecule has 0 radical (unpaired) electrons. The molecule has 118 valence electrons. The van der Waals surface area contributed by atoms with Gasteiger partial charge in [0.2, 0.25) is 5.91 Å². The van der Waals surface area contributed by atoms with Crippen LogP contribution in [0.3, 0.4) is 0 Å². The summed E-state index contributed by atoms with van der Waals surface area (Å²) in [7, 11) is 0. The molecule has 2 aliphatic rings. The minimum absolute atomic E-state index is 0.103. The highest BCUT2D eigenvalue weighted by Gasteiger charge is 2.25. The first-order chi connectivity index (χ1) is 10.6. The molecular weight excluding hydrogens is 284 g/mol. The Morgan fingerprint density at radius 1 is 1.23 bits per heavy atom. The van der Waals surface area contributed by atoms with E-state index in [-0.39, 0.29) is 11.6 Å². The molecule has 2 amide bonds. The van der Waals surface area contributed by atoms with Crippen molar-refractivity contribution in [2.24, 2.45) is 5.73 Å². The maximum absolute atomic E-state index is 11.8. The maximum Gasteiger partial charge on any atom is 0.268 e. The molecule has 1 saturated heterocycles. The SMILES string of the molecule is NC(=O)c1cncc(N2CCN(CC(=O)NC3CC3)CC2)n1. The lowest BCUT2D eigenvalue weighted by molar-refractivity contribution is -0.122. The smallest absolute Gasteiger partial charge is 0.268 e. The lowest BCUT2D eigenvalue weighted by atomic mass is 10.3. The quantitative estimate of drug-likeness (QED) is 0.721. The molecule has 8 nitrogen and oxygen atoms in total. The van der Waals surface area contributed by atoms with Crippen molar-refractivity contribution in [3.8, 4) is 0 Å². The monoisotopic (exact) mass is 304 g/mol. The molecule has 0 aromatic carbocycles. The van der Waals surface area contributed by atoms with Crippen molar-refractivity contribution in [3.63, 3.8) is 0 Å². The number of nitrogens with zero attached hydrogens (tertiary/aromatic N) is 4. The Balaban J connectivity index is 1.51. The largest absolute Gasteiger partial charge is 0.364 e. The number of aromatic nitrogens is 2. The van der Waals surface area contributed by atoms with Gasteiger partial charge in [0.25, 0.3) is 5.91 Å². The van der Waals surface area contributed by atoms with Gasteiger partial charge in [-0.05, 0) is 12.8 Å². The lowest BCUT2D eigenvalue weighted by Gasteiger charge is -2.34. The summed E-state index contributed by atoms with van der Waals surface area (Å²) in [6, 6.07) is 0.403. The Hall–Kier alpha value is -2.22. The van der Waals surface area contributed by atoms with Crippen LogP contribution in [0.5, 0.6) is 0 Å². The first kappa shape index (κ1) is 14.7. The van der Waals surface area contributed by atoms with E-state index in [1.54, 1.807) is 6.20 Å². The van der Waals surface area contributed by atoms with Gasteiger partial charge in [-0.1, -0.05) is 0 Å². The molecule has 1 aliphatic carbocycles. The highest BCUT2D eigenvalue weighted by molar-refractivity contribution is 5.90. The van der Waals surface area contributed by atoms with E-state index in [1.807, 2.05) is 0 Å². The van der Waals surface area contributed by atoms with E-state index in [1.165, 1.54) is 6.20 Å².